The van der Waals surface area contributed by atoms with E-state index < -0.39 is 282 Å². The Hall–Kier alpha value is -9.14. The molecule has 0 radical (unpaired) electrons. The van der Waals surface area contributed by atoms with Crippen LogP contribution in [-0.4, -0.2) is 289 Å². The zero-order chi connectivity index (χ0) is 80.0. The van der Waals surface area contributed by atoms with Crippen molar-refractivity contribution in [3.05, 3.63) is 12.7 Å². The minimum atomic E-state index is -2.45. The van der Waals surface area contributed by atoms with Gasteiger partial charge >= 0.3 is 95.5 Å². The minimum Gasteiger partial charge on any atom is -0.463 e. The largest absolute Gasteiger partial charge is 0.463 e. The maximum Gasteiger partial charge on any atom is 0.303 e. The fourth-order valence-corrected chi connectivity index (χ4v) is 11.6. The van der Waals surface area contributed by atoms with Crippen molar-refractivity contribution in [1.29, 1.82) is 0 Å². The molecule has 0 aromatic carbocycles. The first-order chi connectivity index (χ1) is 50.2. The summed E-state index contributed by atoms with van der Waals surface area (Å²) in [5.41, 5.74) is 0. The molecule has 5 aliphatic rings. The molecular weight excluding hydrogens is 1450 g/mol. The van der Waals surface area contributed by atoms with Crippen LogP contribution in [-0.2, 0) is 200 Å². The van der Waals surface area contributed by atoms with Crippen LogP contribution < -0.4 is 0 Å². The van der Waals surface area contributed by atoms with Crippen molar-refractivity contribution in [3.8, 4) is 0 Å². The van der Waals surface area contributed by atoms with E-state index in [1.54, 1.807) is 0 Å². The molecule has 0 aliphatic carbocycles. The molecule has 0 N–H and O–H groups in total. The quantitative estimate of drug-likeness (QED) is 0.0416. The zero-order valence-electron chi connectivity index (χ0n) is 61.1. The average molecular weight is 1540 g/mol. The lowest BCUT2D eigenvalue weighted by Gasteiger charge is -2.52. The van der Waals surface area contributed by atoms with Gasteiger partial charge in [-0.1, -0.05) is 6.08 Å². The van der Waals surface area contributed by atoms with Crippen molar-refractivity contribution >= 4 is 95.5 Å². The maximum absolute atomic E-state index is 13.9. The lowest BCUT2D eigenvalue weighted by Crippen LogP contribution is -2.70. The molecule has 107 heavy (non-hydrogen) atoms. The number of hydrogen-bond acceptors (Lipinski definition) is 42. The molecule has 5 fully saturated rings. The van der Waals surface area contributed by atoms with Crippen LogP contribution in [0.5, 0.6) is 0 Å². The van der Waals surface area contributed by atoms with Gasteiger partial charge in [0.15, 0.2) is 98.6 Å². The number of carbonyl (C=O) groups is 16. The fourth-order valence-electron chi connectivity index (χ4n) is 11.6. The van der Waals surface area contributed by atoms with Crippen LogP contribution in [0.2, 0.25) is 0 Å². The second kappa shape index (κ2) is 41.3. The molecule has 0 bridgehead atoms. The van der Waals surface area contributed by atoms with Crippen molar-refractivity contribution in [2.75, 3.05) is 39.6 Å². The third-order valence-electron chi connectivity index (χ3n) is 15.1. The topological polar surface area (TPSA) is 513 Å². The third-order valence-corrected chi connectivity index (χ3v) is 15.1. The van der Waals surface area contributed by atoms with Crippen molar-refractivity contribution in [2.45, 2.75) is 264 Å². The Labute approximate surface area is 610 Å². The highest BCUT2D eigenvalue weighted by Crippen LogP contribution is 2.42. The SMILES string of the molecule is C=CCO[C@@H]1O[C@H](COC(C)=O)[C@@H](OC(C)=O)[C@H](O[C@@H]2O[C@H](COC(C)=O)[C@@H](OC(C)=O)[C@H](O[C@@H]3O[C@H](COC(C)=O)[C@@H](OC(C)=O)[C@H](O[C@@H]4O[C@H](COC(C)=O)[C@@H](OC(C)=O)[C@H](O[C@@H]5O[C@H](COC(C)=O)[C@@H](OC(C)=O)[C@H](OC(C)=O)[C@H]5OC(C)=O)[C@H]4OC(C)=O)[C@H]3OC(C)=O)[C@H]2OC(C)=O)[C@H]1OC(C)=O. The maximum atomic E-state index is 13.9. The normalized spacial score (nSPS) is 32.3. The van der Waals surface area contributed by atoms with Gasteiger partial charge in [-0.05, 0) is 0 Å². The molecule has 600 valence electrons. The molecule has 0 spiro atoms. The molecule has 0 aromatic heterocycles. The standard InChI is InChI=1S/C65H88O42/c1-18-19-82-61-56(94-36(13)77)52(47(89-31(8)72)41(99-61)20-83-25(2)66)104-63-58(96-38(15)79)54(49(91-33(10)74)43(101-63)22-85-27(4)68)106-65-60(98-40(17)81)55(50(92-34(11)75)45(103-65)24-87-29(6)70)107-64-59(97-39(16)80)53(48(90-32(9)73)44(102-64)23-86-28(5)69)105-62-57(95-37(14)78)51(93-35(12)76)46(88-30(7)71)42(100-62)21-84-26(3)67/h18,41-65H,1,19-24H2,2-17H3/t41-,42-,43-,44-,45-,46-,47-,48-,49-,50-,51+,52+,53+,54+,55+,56-,57-,58-,59-,60-,61-,62+,63+,64+,65+/m1/s1. The molecule has 42 nitrogen and oxygen atoms in total. The van der Waals surface area contributed by atoms with Crippen LogP contribution in [0.1, 0.15) is 111 Å². The molecule has 5 saturated heterocycles. The van der Waals surface area contributed by atoms with Crippen LogP contribution in [0.25, 0.3) is 0 Å². The molecule has 0 unspecified atom stereocenters. The molecule has 25 atom stereocenters. The third kappa shape index (κ3) is 26.9. The van der Waals surface area contributed by atoms with Gasteiger partial charge in [-0.25, -0.2) is 0 Å². The first-order valence-electron chi connectivity index (χ1n) is 32.9. The van der Waals surface area contributed by atoms with Gasteiger partial charge in [-0.2, -0.15) is 0 Å². The number of esters is 16. The van der Waals surface area contributed by atoms with E-state index in [1.165, 1.54) is 6.08 Å². The Balaban J connectivity index is 1.87. The van der Waals surface area contributed by atoms with Gasteiger partial charge in [-0.3, -0.25) is 76.7 Å². The molecule has 5 aliphatic heterocycles. The van der Waals surface area contributed by atoms with Crippen LogP contribution >= 0.6 is 0 Å². The summed E-state index contributed by atoms with van der Waals surface area (Å²) < 4.78 is 154. The predicted octanol–water partition coefficient (Wildman–Crippen LogP) is -1.58. The zero-order valence-corrected chi connectivity index (χ0v) is 61.1. The Morgan fingerprint density at radius 1 is 0.224 bits per heavy atom. The number of ether oxygens (including phenoxy) is 26. The number of hydrogen-bond donors (Lipinski definition) is 0. The predicted molar refractivity (Wildman–Crippen MR) is 333 cm³/mol. The van der Waals surface area contributed by atoms with Gasteiger partial charge in [0.2, 0.25) is 0 Å². The molecule has 0 saturated carbocycles. The average Bonchev–Trinajstić information content (AvgIpc) is 0.751. The van der Waals surface area contributed by atoms with E-state index in [4.69, 9.17) is 123 Å². The fraction of sp³-hybridized carbons (Fsp3) is 0.723. The summed E-state index contributed by atoms with van der Waals surface area (Å²) >= 11 is 0. The van der Waals surface area contributed by atoms with E-state index in [9.17, 15) is 76.7 Å². The summed E-state index contributed by atoms with van der Waals surface area (Å²) in [4.78, 5) is 210. The van der Waals surface area contributed by atoms with E-state index in [0.717, 1.165) is 111 Å². The summed E-state index contributed by atoms with van der Waals surface area (Å²) in [5, 5.41) is 0. The molecule has 5 heterocycles. The Morgan fingerprint density at radius 2 is 0.383 bits per heavy atom. The highest BCUT2D eigenvalue weighted by Gasteiger charge is 2.63. The summed E-state index contributed by atoms with van der Waals surface area (Å²) in [7, 11) is 0. The van der Waals surface area contributed by atoms with Gasteiger partial charge in [0, 0.05) is 111 Å². The smallest absolute Gasteiger partial charge is 0.303 e. The van der Waals surface area contributed by atoms with Crippen LogP contribution in [0.15, 0.2) is 12.7 Å². The van der Waals surface area contributed by atoms with E-state index in [0.29, 0.717) is 0 Å². The van der Waals surface area contributed by atoms with Crippen molar-refractivity contribution < 1.29 is 200 Å². The first-order valence-corrected chi connectivity index (χ1v) is 32.9. The van der Waals surface area contributed by atoms with E-state index in [2.05, 4.69) is 6.58 Å². The van der Waals surface area contributed by atoms with Crippen LogP contribution in [0, 0.1) is 0 Å². The first kappa shape index (κ1) is 88.5. The van der Waals surface area contributed by atoms with Gasteiger partial charge in [-0.15, -0.1) is 6.58 Å². The van der Waals surface area contributed by atoms with Crippen LogP contribution in [0.3, 0.4) is 0 Å². The van der Waals surface area contributed by atoms with Crippen molar-refractivity contribution in [1.82, 2.24) is 0 Å². The van der Waals surface area contributed by atoms with Crippen molar-refractivity contribution in [3.63, 3.8) is 0 Å². The lowest BCUT2D eigenvalue weighted by molar-refractivity contribution is -0.395. The highest BCUT2D eigenvalue weighted by molar-refractivity contribution is 5.72. The molecule has 5 rings (SSSR count). The second-order valence-electron chi connectivity index (χ2n) is 24.1. The number of rotatable bonds is 32. The summed E-state index contributed by atoms with van der Waals surface area (Å²) in [6.07, 6.45) is -50.8. The number of carbonyl (C=O) groups excluding carboxylic acids is 16. The minimum absolute atomic E-state index is 0.343. The Bertz CT molecular complexity index is 3200. The summed E-state index contributed by atoms with van der Waals surface area (Å²) in [6.45, 7) is 13.4. The van der Waals surface area contributed by atoms with Gasteiger partial charge in [0.25, 0.3) is 0 Å². The lowest BCUT2D eigenvalue weighted by atomic mass is 9.94. The highest BCUT2D eigenvalue weighted by atomic mass is 16.8. The van der Waals surface area contributed by atoms with E-state index in [-0.39, 0.29) is 6.61 Å². The summed E-state index contributed by atoms with van der Waals surface area (Å²) in [6, 6.07) is 0. The van der Waals surface area contributed by atoms with Crippen LogP contribution in [0.4, 0.5) is 0 Å². The van der Waals surface area contributed by atoms with Crippen molar-refractivity contribution in [2.24, 2.45) is 0 Å². The van der Waals surface area contributed by atoms with E-state index in [1.807, 2.05) is 0 Å². The molecule has 0 amide bonds. The second-order valence-corrected chi connectivity index (χ2v) is 24.1. The van der Waals surface area contributed by atoms with Gasteiger partial charge < -0.3 is 123 Å². The molecule has 0 aromatic rings. The van der Waals surface area contributed by atoms with Gasteiger partial charge in [0.1, 0.15) is 88.0 Å². The monoisotopic (exact) mass is 1540 g/mol. The summed E-state index contributed by atoms with van der Waals surface area (Å²) in [5.74, 6) is -17.6. The van der Waals surface area contributed by atoms with Gasteiger partial charge in [0.05, 0.1) is 6.61 Å². The Morgan fingerprint density at radius 3 is 0.570 bits per heavy atom. The Kier molecular flexibility index (Phi) is 34.1. The molecular formula is C65H88O42. The molecule has 42 heteroatoms. The van der Waals surface area contributed by atoms with E-state index >= 15 is 0 Å².